The van der Waals surface area contributed by atoms with Gasteiger partial charge in [-0.25, -0.2) is 4.98 Å². The van der Waals surface area contributed by atoms with E-state index in [0.29, 0.717) is 16.8 Å². The molecule has 0 radical (unpaired) electrons. The number of halogens is 1. The molecule has 1 aliphatic heterocycles. The molecule has 2 aromatic rings. The molecule has 2 heterocycles. The number of para-hydroxylation sites is 1. The standard InChI is InChI=1S/C20H24ClN3O/c21-19-12-17(16-8-4-5-9-18(16)23-19)20(25)22-14-10-11-24(13-14)15-6-2-1-3-7-15/h4-5,8-9,12,14-15H,1-3,6-7,10-11,13H2,(H,22,25)/t14-/m1/s1. The Bertz CT molecular complexity index is 773. The molecule has 0 unspecified atom stereocenters. The molecule has 1 aromatic heterocycles. The number of pyridine rings is 1. The van der Waals surface area contributed by atoms with Crippen LogP contribution < -0.4 is 5.32 Å². The summed E-state index contributed by atoms with van der Waals surface area (Å²) in [6.07, 6.45) is 7.72. The smallest absolute Gasteiger partial charge is 0.252 e. The number of aromatic nitrogens is 1. The van der Waals surface area contributed by atoms with Crippen LogP contribution in [0, 0.1) is 0 Å². The molecule has 25 heavy (non-hydrogen) atoms. The Morgan fingerprint density at radius 1 is 1.16 bits per heavy atom. The van der Waals surface area contributed by atoms with Crippen molar-refractivity contribution in [1.29, 1.82) is 0 Å². The topological polar surface area (TPSA) is 45.2 Å². The summed E-state index contributed by atoms with van der Waals surface area (Å²) in [4.78, 5) is 19.7. The maximum absolute atomic E-state index is 12.8. The normalized spacial score (nSPS) is 22.4. The Labute approximate surface area is 153 Å². The van der Waals surface area contributed by atoms with E-state index in [9.17, 15) is 4.79 Å². The fourth-order valence-electron chi connectivity index (χ4n) is 4.28. The molecule has 1 N–H and O–H groups in total. The van der Waals surface area contributed by atoms with Gasteiger partial charge in [0.2, 0.25) is 0 Å². The molecule has 2 fully saturated rings. The predicted molar refractivity (Wildman–Crippen MR) is 101 cm³/mol. The minimum absolute atomic E-state index is 0.0454. The van der Waals surface area contributed by atoms with Crippen LogP contribution in [0.2, 0.25) is 5.15 Å². The number of nitrogens with one attached hydrogen (secondary N) is 1. The first-order valence-electron chi connectivity index (χ1n) is 9.31. The van der Waals surface area contributed by atoms with Crippen LogP contribution in [0.3, 0.4) is 0 Å². The second kappa shape index (κ2) is 7.30. The van der Waals surface area contributed by atoms with Gasteiger partial charge in [0.1, 0.15) is 5.15 Å². The van der Waals surface area contributed by atoms with Crippen molar-refractivity contribution < 1.29 is 4.79 Å². The van der Waals surface area contributed by atoms with Crippen molar-refractivity contribution in [3.8, 4) is 0 Å². The third kappa shape index (κ3) is 3.65. The minimum Gasteiger partial charge on any atom is -0.348 e. The van der Waals surface area contributed by atoms with Crippen LogP contribution in [0.5, 0.6) is 0 Å². The summed E-state index contributed by atoms with van der Waals surface area (Å²) in [5.41, 5.74) is 1.38. The van der Waals surface area contributed by atoms with Crippen LogP contribution in [0.25, 0.3) is 10.9 Å². The monoisotopic (exact) mass is 357 g/mol. The maximum Gasteiger partial charge on any atom is 0.252 e. The Morgan fingerprint density at radius 3 is 2.80 bits per heavy atom. The minimum atomic E-state index is -0.0454. The van der Waals surface area contributed by atoms with Gasteiger partial charge in [0, 0.05) is 30.6 Å². The number of hydrogen-bond acceptors (Lipinski definition) is 3. The zero-order chi connectivity index (χ0) is 17.2. The zero-order valence-electron chi connectivity index (χ0n) is 14.4. The first-order chi connectivity index (χ1) is 12.2. The summed E-state index contributed by atoms with van der Waals surface area (Å²) in [5.74, 6) is -0.0454. The summed E-state index contributed by atoms with van der Waals surface area (Å²) in [6.45, 7) is 2.06. The molecule has 0 bridgehead atoms. The second-order valence-electron chi connectivity index (χ2n) is 7.26. The van der Waals surface area contributed by atoms with Gasteiger partial charge in [-0.1, -0.05) is 49.1 Å². The number of carbonyl (C=O) groups excluding carboxylic acids is 1. The summed E-state index contributed by atoms with van der Waals surface area (Å²) in [5, 5.41) is 4.43. The van der Waals surface area contributed by atoms with Gasteiger partial charge in [-0.2, -0.15) is 0 Å². The van der Waals surface area contributed by atoms with E-state index in [1.165, 1.54) is 32.1 Å². The van der Waals surface area contributed by atoms with E-state index in [1.807, 2.05) is 24.3 Å². The third-order valence-electron chi connectivity index (χ3n) is 5.58. The Morgan fingerprint density at radius 2 is 1.96 bits per heavy atom. The van der Waals surface area contributed by atoms with E-state index in [0.717, 1.165) is 30.4 Å². The van der Waals surface area contributed by atoms with Gasteiger partial charge in [-0.05, 0) is 31.4 Å². The van der Waals surface area contributed by atoms with Gasteiger partial charge < -0.3 is 5.32 Å². The number of likely N-dealkylation sites (tertiary alicyclic amines) is 1. The van der Waals surface area contributed by atoms with Crippen LogP contribution >= 0.6 is 11.6 Å². The molecule has 4 nitrogen and oxygen atoms in total. The second-order valence-corrected chi connectivity index (χ2v) is 7.64. The molecule has 1 aromatic carbocycles. The molecule has 0 spiro atoms. The molecule has 2 aliphatic rings. The van der Waals surface area contributed by atoms with Crippen LogP contribution in [0.1, 0.15) is 48.9 Å². The molecule has 132 valence electrons. The van der Waals surface area contributed by atoms with Gasteiger partial charge in [0.15, 0.2) is 0 Å². The molecule has 1 amide bonds. The number of amides is 1. The molecule has 1 saturated heterocycles. The molecular formula is C20H24ClN3O. The van der Waals surface area contributed by atoms with Crippen molar-refractivity contribution in [2.24, 2.45) is 0 Å². The number of nitrogens with zero attached hydrogens (tertiary/aromatic N) is 2. The lowest BCUT2D eigenvalue weighted by atomic mass is 9.94. The van der Waals surface area contributed by atoms with Crippen molar-refractivity contribution in [3.63, 3.8) is 0 Å². The largest absolute Gasteiger partial charge is 0.348 e. The van der Waals surface area contributed by atoms with E-state index in [-0.39, 0.29) is 11.9 Å². The van der Waals surface area contributed by atoms with Crippen molar-refractivity contribution in [3.05, 3.63) is 41.0 Å². The zero-order valence-corrected chi connectivity index (χ0v) is 15.1. The number of hydrogen-bond donors (Lipinski definition) is 1. The summed E-state index contributed by atoms with van der Waals surface area (Å²) in [7, 11) is 0. The van der Waals surface area contributed by atoms with E-state index >= 15 is 0 Å². The number of benzene rings is 1. The highest BCUT2D eigenvalue weighted by molar-refractivity contribution is 6.30. The number of fused-ring (bicyclic) bond motifs is 1. The quantitative estimate of drug-likeness (QED) is 0.844. The number of carbonyl (C=O) groups is 1. The van der Waals surface area contributed by atoms with Gasteiger partial charge in [0.25, 0.3) is 5.91 Å². The highest BCUT2D eigenvalue weighted by atomic mass is 35.5. The maximum atomic E-state index is 12.8. The van der Waals surface area contributed by atoms with Crippen LogP contribution in [-0.4, -0.2) is 41.0 Å². The average molecular weight is 358 g/mol. The average Bonchev–Trinajstić information content (AvgIpc) is 3.10. The number of rotatable bonds is 3. The van der Waals surface area contributed by atoms with Gasteiger partial charge >= 0.3 is 0 Å². The summed E-state index contributed by atoms with van der Waals surface area (Å²) < 4.78 is 0. The van der Waals surface area contributed by atoms with Crippen molar-refractivity contribution in [2.45, 2.75) is 50.6 Å². The Kier molecular flexibility index (Phi) is 4.91. The van der Waals surface area contributed by atoms with Crippen molar-refractivity contribution >= 4 is 28.4 Å². The third-order valence-corrected chi connectivity index (χ3v) is 5.77. The first-order valence-corrected chi connectivity index (χ1v) is 9.69. The molecule has 1 atom stereocenters. The summed E-state index contributed by atoms with van der Waals surface area (Å²) in [6, 6.07) is 10.3. The lowest BCUT2D eigenvalue weighted by Crippen LogP contribution is -2.40. The van der Waals surface area contributed by atoms with E-state index in [4.69, 9.17) is 11.6 Å². The molecule has 1 saturated carbocycles. The van der Waals surface area contributed by atoms with E-state index in [2.05, 4.69) is 15.2 Å². The van der Waals surface area contributed by atoms with Crippen molar-refractivity contribution in [2.75, 3.05) is 13.1 Å². The Balaban J connectivity index is 1.46. The Hall–Kier alpha value is -1.65. The highest BCUT2D eigenvalue weighted by Crippen LogP contribution is 2.26. The van der Waals surface area contributed by atoms with Crippen LogP contribution in [0.15, 0.2) is 30.3 Å². The SMILES string of the molecule is O=C(N[C@@H]1CCN(C2CCCCC2)C1)c1cc(Cl)nc2ccccc12. The van der Waals surface area contributed by atoms with Gasteiger partial charge in [-0.15, -0.1) is 0 Å². The molecular weight excluding hydrogens is 334 g/mol. The lowest BCUT2D eigenvalue weighted by Gasteiger charge is -2.31. The van der Waals surface area contributed by atoms with Crippen LogP contribution in [-0.2, 0) is 0 Å². The van der Waals surface area contributed by atoms with Gasteiger partial charge in [-0.3, -0.25) is 9.69 Å². The van der Waals surface area contributed by atoms with E-state index in [1.54, 1.807) is 6.07 Å². The van der Waals surface area contributed by atoms with Crippen molar-refractivity contribution in [1.82, 2.24) is 15.2 Å². The van der Waals surface area contributed by atoms with Gasteiger partial charge in [0.05, 0.1) is 11.1 Å². The van der Waals surface area contributed by atoms with Crippen LogP contribution in [0.4, 0.5) is 0 Å². The first kappa shape index (κ1) is 16.8. The fourth-order valence-corrected chi connectivity index (χ4v) is 4.48. The fraction of sp³-hybridized carbons (Fsp3) is 0.500. The summed E-state index contributed by atoms with van der Waals surface area (Å²) >= 11 is 6.11. The molecule has 1 aliphatic carbocycles. The molecule has 4 rings (SSSR count). The predicted octanol–water partition coefficient (Wildman–Crippen LogP) is 4.03. The molecule has 5 heteroatoms. The van der Waals surface area contributed by atoms with E-state index < -0.39 is 0 Å². The highest BCUT2D eigenvalue weighted by Gasteiger charge is 2.30. The lowest BCUT2D eigenvalue weighted by molar-refractivity contribution is 0.0936.